The Balaban J connectivity index is 2.28. The zero-order valence-corrected chi connectivity index (χ0v) is 9.82. The van der Waals surface area contributed by atoms with Crippen molar-refractivity contribution in [3.05, 3.63) is 48.5 Å². The third-order valence-corrected chi connectivity index (χ3v) is 2.73. The average molecular weight is 239 g/mol. The van der Waals surface area contributed by atoms with Crippen LogP contribution in [0, 0.1) is 0 Å². The van der Waals surface area contributed by atoms with Gasteiger partial charge < -0.3 is 5.73 Å². The van der Waals surface area contributed by atoms with Crippen molar-refractivity contribution >= 4 is 11.2 Å². The number of hydrogen-bond donors (Lipinski definition) is 1. The molecule has 0 spiro atoms. The number of aromatic nitrogens is 4. The van der Waals surface area contributed by atoms with Gasteiger partial charge in [0.25, 0.3) is 0 Å². The molecule has 0 saturated heterocycles. The van der Waals surface area contributed by atoms with Crippen LogP contribution < -0.4 is 5.73 Å². The third-order valence-electron chi connectivity index (χ3n) is 2.73. The van der Waals surface area contributed by atoms with Crippen molar-refractivity contribution in [3.63, 3.8) is 0 Å². The van der Waals surface area contributed by atoms with Gasteiger partial charge in [-0.05, 0) is 30.8 Å². The number of rotatable bonds is 3. The van der Waals surface area contributed by atoms with Gasteiger partial charge in [0.15, 0.2) is 5.65 Å². The first-order valence-electron chi connectivity index (χ1n) is 5.84. The highest BCUT2D eigenvalue weighted by molar-refractivity contribution is 5.73. The van der Waals surface area contributed by atoms with E-state index >= 15 is 0 Å². The molecule has 3 aromatic heterocycles. The van der Waals surface area contributed by atoms with E-state index < -0.39 is 0 Å². The molecule has 0 bridgehead atoms. The summed E-state index contributed by atoms with van der Waals surface area (Å²) in [5.41, 5.74) is 7.32. The van der Waals surface area contributed by atoms with Crippen LogP contribution in [0.1, 0.15) is 5.82 Å². The van der Waals surface area contributed by atoms with Gasteiger partial charge in [-0.15, -0.1) is 0 Å². The van der Waals surface area contributed by atoms with Gasteiger partial charge in [0.1, 0.15) is 17.2 Å². The Morgan fingerprint density at radius 2 is 1.94 bits per heavy atom. The van der Waals surface area contributed by atoms with Gasteiger partial charge in [0.2, 0.25) is 0 Å². The van der Waals surface area contributed by atoms with Crippen LogP contribution in [0.4, 0.5) is 0 Å². The van der Waals surface area contributed by atoms with Gasteiger partial charge in [-0.3, -0.25) is 4.57 Å². The van der Waals surface area contributed by atoms with Gasteiger partial charge in [-0.1, -0.05) is 6.07 Å². The SMILES string of the molecule is NCCc1nc2cccnc2n1-c1ccccn1. The van der Waals surface area contributed by atoms with Gasteiger partial charge >= 0.3 is 0 Å². The maximum absolute atomic E-state index is 5.64. The Bertz CT molecular complexity index is 659. The second kappa shape index (κ2) is 4.54. The zero-order valence-electron chi connectivity index (χ0n) is 9.82. The summed E-state index contributed by atoms with van der Waals surface area (Å²) in [6.45, 7) is 0.552. The minimum Gasteiger partial charge on any atom is -0.330 e. The molecule has 0 unspecified atom stereocenters. The molecule has 0 saturated carbocycles. The maximum Gasteiger partial charge on any atom is 0.165 e. The monoisotopic (exact) mass is 239 g/mol. The van der Waals surface area contributed by atoms with Crippen molar-refractivity contribution in [1.82, 2.24) is 19.5 Å². The molecular weight excluding hydrogens is 226 g/mol. The smallest absolute Gasteiger partial charge is 0.165 e. The molecule has 0 aromatic carbocycles. The van der Waals surface area contributed by atoms with Crippen molar-refractivity contribution in [1.29, 1.82) is 0 Å². The highest BCUT2D eigenvalue weighted by Gasteiger charge is 2.12. The molecule has 90 valence electrons. The summed E-state index contributed by atoms with van der Waals surface area (Å²) in [4.78, 5) is 13.3. The highest BCUT2D eigenvalue weighted by atomic mass is 15.2. The minimum absolute atomic E-state index is 0.552. The Labute approximate surface area is 104 Å². The molecule has 0 aliphatic carbocycles. The fourth-order valence-electron chi connectivity index (χ4n) is 1.98. The van der Waals surface area contributed by atoms with Crippen LogP contribution >= 0.6 is 0 Å². The number of pyridine rings is 2. The zero-order chi connectivity index (χ0) is 12.4. The van der Waals surface area contributed by atoms with Crippen LogP contribution in [0.5, 0.6) is 0 Å². The fraction of sp³-hybridized carbons (Fsp3) is 0.154. The molecule has 3 heterocycles. The van der Waals surface area contributed by atoms with E-state index in [0.717, 1.165) is 22.8 Å². The highest BCUT2D eigenvalue weighted by Crippen LogP contribution is 2.18. The van der Waals surface area contributed by atoms with Crippen LogP contribution in [0.2, 0.25) is 0 Å². The molecule has 0 atom stereocenters. The summed E-state index contributed by atoms with van der Waals surface area (Å²) in [5.74, 6) is 1.71. The normalized spacial score (nSPS) is 10.9. The van der Waals surface area contributed by atoms with E-state index in [1.807, 2.05) is 34.9 Å². The van der Waals surface area contributed by atoms with Crippen LogP contribution in [-0.2, 0) is 6.42 Å². The summed E-state index contributed by atoms with van der Waals surface area (Å²) in [6.07, 6.45) is 4.22. The largest absolute Gasteiger partial charge is 0.330 e. The molecule has 0 fully saturated rings. The summed E-state index contributed by atoms with van der Waals surface area (Å²) in [5, 5.41) is 0. The minimum atomic E-state index is 0.552. The van der Waals surface area contributed by atoms with Gasteiger partial charge in [-0.2, -0.15) is 0 Å². The van der Waals surface area contributed by atoms with Gasteiger partial charge in [0, 0.05) is 18.8 Å². The lowest BCUT2D eigenvalue weighted by Gasteiger charge is -2.06. The lowest BCUT2D eigenvalue weighted by Crippen LogP contribution is -2.10. The van der Waals surface area contributed by atoms with Crippen molar-refractivity contribution in [3.8, 4) is 5.82 Å². The first-order valence-corrected chi connectivity index (χ1v) is 5.84. The van der Waals surface area contributed by atoms with Crippen molar-refractivity contribution < 1.29 is 0 Å². The fourth-order valence-corrected chi connectivity index (χ4v) is 1.98. The molecule has 0 radical (unpaired) electrons. The van der Waals surface area contributed by atoms with Crippen molar-refractivity contribution in [2.75, 3.05) is 6.54 Å². The Kier molecular flexibility index (Phi) is 2.74. The number of nitrogens with two attached hydrogens (primary N) is 1. The quantitative estimate of drug-likeness (QED) is 0.748. The lowest BCUT2D eigenvalue weighted by atomic mass is 10.4. The van der Waals surface area contributed by atoms with Gasteiger partial charge in [0.05, 0.1) is 0 Å². The van der Waals surface area contributed by atoms with E-state index in [1.165, 1.54) is 0 Å². The lowest BCUT2D eigenvalue weighted by molar-refractivity contribution is 0.831. The number of fused-ring (bicyclic) bond motifs is 1. The Hall–Kier alpha value is -2.27. The topological polar surface area (TPSA) is 69.6 Å². The number of nitrogens with zero attached hydrogens (tertiary/aromatic N) is 4. The second-order valence-electron chi connectivity index (χ2n) is 3.94. The van der Waals surface area contributed by atoms with E-state index in [-0.39, 0.29) is 0 Å². The average Bonchev–Trinajstić information content (AvgIpc) is 2.78. The molecule has 2 N–H and O–H groups in total. The van der Waals surface area contributed by atoms with Gasteiger partial charge in [-0.25, -0.2) is 15.0 Å². The Morgan fingerprint density at radius 1 is 1.06 bits per heavy atom. The molecule has 5 nitrogen and oxygen atoms in total. The maximum atomic E-state index is 5.64. The second-order valence-corrected chi connectivity index (χ2v) is 3.94. The van der Waals surface area contributed by atoms with E-state index in [4.69, 9.17) is 5.73 Å². The van der Waals surface area contributed by atoms with Crippen molar-refractivity contribution in [2.24, 2.45) is 5.73 Å². The molecule has 3 rings (SSSR count). The van der Waals surface area contributed by atoms with E-state index in [9.17, 15) is 0 Å². The molecule has 3 aromatic rings. The summed E-state index contributed by atoms with van der Waals surface area (Å²) >= 11 is 0. The van der Waals surface area contributed by atoms with E-state index in [2.05, 4.69) is 15.0 Å². The summed E-state index contributed by atoms with van der Waals surface area (Å²) in [6, 6.07) is 9.60. The standard InChI is InChI=1S/C13H13N5/c14-7-6-12-17-10-4-3-9-16-13(10)18(12)11-5-1-2-8-15-11/h1-5,8-9H,6-7,14H2. The number of imidazole rings is 1. The predicted octanol–water partition coefficient (Wildman–Crippen LogP) is 1.32. The molecular formula is C13H13N5. The van der Waals surface area contributed by atoms with E-state index in [1.54, 1.807) is 12.4 Å². The molecule has 5 heteroatoms. The summed E-state index contributed by atoms with van der Waals surface area (Å²) < 4.78 is 1.96. The predicted molar refractivity (Wildman–Crippen MR) is 69.4 cm³/mol. The Morgan fingerprint density at radius 3 is 2.72 bits per heavy atom. The first kappa shape index (κ1) is 10.9. The molecule has 0 aliphatic rings. The van der Waals surface area contributed by atoms with Crippen molar-refractivity contribution in [2.45, 2.75) is 6.42 Å². The number of hydrogen-bond acceptors (Lipinski definition) is 4. The molecule has 0 amide bonds. The van der Waals surface area contributed by atoms with Crippen LogP contribution in [0.3, 0.4) is 0 Å². The van der Waals surface area contributed by atoms with E-state index in [0.29, 0.717) is 13.0 Å². The third kappa shape index (κ3) is 1.74. The van der Waals surface area contributed by atoms with Crippen LogP contribution in [-0.4, -0.2) is 26.1 Å². The summed E-state index contributed by atoms with van der Waals surface area (Å²) in [7, 11) is 0. The first-order chi connectivity index (χ1) is 8.90. The van der Waals surface area contributed by atoms with Crippen LogP contribution in [0.25, 0.3) is 17.0 Å². The molecule has 18 heavy (non-hydrogen) atoms. The van der Waals surface area contributed by atoms with Crippen LogP contribution in [0.15, 0.2) is 42.7 Å². The molecule has 0 aliphatic heterocycles.